The van der Waals surface area contributed by atoms with Crippen LogP contribution >= 0.6 is 12.4 Å². The van der Waals surface area contributed by atoms with Crippen molar-refractivity contribution in [2.45, 2.75) is 32.0 Å². The van der Waals surface area contributed by atoms with Gasteiger partial charge in [0.25, 0.3) is 0 Å². The number of ether oxygens (including phenoxy) is 2. The zero-order chi connectivity index (χ0) is 19.1. The van der Waals surface area contributed by atoms with Gasteiger partial charge in [-0.1, -0.05) is 24.3 Å². The van der Waals surface area contributed by atoms with Crippen molar-refractivity contribution in [3.63, 3.8) is 0 Å². The topological polar surface area (TPSA) is 59.6 Å². The third-order valence-electron chi connectivity index (χ3n) is 4.51. The summed E-state index contributed by atoms with van der Waals surface area (Å²) >= 11 is 0. The average molecular weight is 409 g/mol. The van der Waals surface area contributed by atoms with Gasteiger partial charge in [-0.2, -0.15) is 0 Å². The molecular formula is C21H26ClFN2O3. The molecule has 3 rings (SSSR count). The van der Waals surface area contributed by atoms with Crippen LogP contribution in [0, 0.1) is 5.82 Å². The zero-order valence-corrected chi connectivity index (χ0v) is 16.6. The SMILES string of the molecule is CC(NC(=O)CC1COCCN1)c1ccc(OCc2ccc(F)cc2)cc1.Cl. The first-order valence-electron chi connectivity index (χ1n) is 9.18. The number of carbonyl (C=O) groups excluding carboxylic acids is 1. The number of hydrogen-bond donors (Lipinski definition) is 2. The molecule has 7 heteroatoms. The predicted molar refractivity (Wildman–Crippen MR) is 108 cm³/mol. The Morgan fingerprint density at radius 3 is 2.61 bits per heavy atom. The van der Waals surface area contributed by atoms with Gasteiger partial charge in [0, 0.05) is 19.0 Å². The monoisotopic (exact) mass is 408 g/mol. The van der Waals surface area contributed by atoms with E-state index in [4.69, 9.17) is 9.47 Å². The van der Waals surface area contributed by atoms with Gasteiger partial charge in [-0.3, -0.25) is 4.79 Å². The van der Waals surface area contributed by atoms with Crippen molar-refractivity contribution in [2.24, 2.45) is 0 Å². The van der Waals surface area contributed by atoms with E-state index in [-0.39, 0.29) is 36.2 Å². The number of amides is 1. The Bertz CT molecular complexity index is 734. The molecule has 2 aromatic carbocycles. The van der Waals surface area contributed by atoms with E-state index in [9.17, 15) is 9.18 Å². The van der Waals surface area contributed by atoms with Crippen LogP contribution in [0.2, 0.25) is 0 Å². The minimum atomic E-state index is -0.258. The molecule has 0 aliphatic carbocycles. The number of morpholine rings is 1. The maximum absolute atomic E-state index is 12.9. The molecule has 2 atom stereocenters. The summed E-state index contributed by atoms with van der Waals surface area (Å²) in [4.78, 5) is 12.2. The van der Waals surface area contributed by atoms with Gasteiger partial charge in [0.05, 0.1) is 19.3 Å². The third kappa shape index (κ3) is 6.78. The average Bonchev–Trinajstić information content (AvgIpc) is 2.68. The fourth-order valence-corrected chi connectivity index (χ4v) is 2.96. The first-order chi connectivity index (χ1) is 13.1. The number of hydrogen-bond acceptors (Lipinski definition) is 4. The molecule has 1 fully saturated rings. The third-order valence-corrected chi connectivity index (χ3v) is 4.51. The highest BCUT2D eigenvalue weighted by molar-refractivity contribution is 5.85. The molecule has 0 spiro atoms. The van der Waals surface area contributed by atoms with Gasteiger partial charge in [-0.25, -0.2) is 4.39 Å². The van der Waals surface area contributed by atoms with Gasteiger partial charge in [0.15, 0.2) is 0 Å². The van der Waals surface area contributed by atoms with Crippen molar-refractivity contribution in [1.82, 2.24) is 10.6 Å². The second kappa shape index (κ2) is 11.0. The summed E-state index contributed by atoms with van der Waals surface area (Å²) in [5, 5.41) is 6.29. The molecule has 1 aliphatic rings. The molecule has 152 valence electrons. The molecule has 2 aromatic rings. The van der Waals surface area contributed by atoms with Crippen molar-refractivity contribution >= 4 is 18.3 Å². The van der Waals surface area contributed by atoms with Crippen molar-refractivity contribution in [3.05, 3.63) is 65.5 Å². The summed E-state index contributed by atoms with van der Waals surface area (Å²) in [5.74, 6) is 0.471. The van der Waals surface area contributed by atoms with Gasteiger partial charge >= 0.3 is 0 Å². The van der Waals surface area contributed by atoms with Gasteiger partial charge in [-0.05, 0) is 42.3 Å². The van der Waals surface area contributed by atoms with Crippen LogP contribution in [0.4, 0.5) is 4.39 Å². The highest BCUT2D eigenvalue weighted by Crippen LogP contribution is 2.19. The molecule has 1 saturated heterocycles. The Labute approximate surface area is 171 Å². The van der Waals surface area contributed by atoms with E-state index in [1.54, 1.807) is 12.1 Å². The van der Waals surface area contributed by atoms with Crippen LogP contribution in [0.25, 0.3) is 0 Å². The predicted octanol–water partition coefficient (Wildman–Crippen LogP) is 3.38. The van der Waals surface area contributed by atoms with E-state index in [2.05, 4.69) is 10.6 Å². The largest absolute Gasteiger partial charge is 0.489 e. The Balaban J connectivity index is 0.00000280. The molecule has 0 aromatic heterocycles. The summed E-state index contributed by atoms with van der Waals surface area (Å²) in [6, 6.07) is 13.8. The van der Waals surface area contributed by atoms with Crippen LogP contribution in [0.3, 0.4) is 0 Å². The highest BCUT2D eigenvalue weighted by Gasteiger charge is 2.18. The van der Waals surface area contributed by atoms with E-state index in [0.717, 1.165) is 23.4 Å². The molecule has 0 radical (unpaired) electrons. The lowest BCUT2D eigenvalue weighted by Crippen LogP contribution is -2.44. The highest BCUT2D eigenvalue weighted by atomic mass is 35.5. The van der Waals surface area contributed by atoms with Crippen molar-refractivity contribution in [2.75, 3.05) is 19.8 Å². The van der Waals surface area contributed by atoms with E-state index in [1.807, 2.05) is 31.2 Å². The molecule has 28 heavy (non-hydrogen) atoms. The van der Waals surface area contributed by atoms with E-state index in [0.29, 0.717) is 26.2 Å². The summed E-state index contributed by atoms with van der Waals surface area (Å²) in [5.41, 5.74) is 1.91. The minimum absolute atomic E-state index is 0. The summed E-state index contributed by atoms with van der Waals surface area (Å²) in [6.45, 7) is 4.39. The van der Waals surface area contributed by atoms with Gasteiger partial charge in [0.2, 0.25) is 5.91 Å². The van der Waals surface area contributed by atoms with E-state index < -0.39 is 0 Å². The first-order valence-corrected chi connectivity index (χ1v) is 9.18. The first kappa shape index (κ1) is 22.1. The number of halogens is 2. The molecule has 1 aliphatic heterocycles. The summed E-state index contributed by atoms with van der Waals surface area (Å²) in [7, 11) is 0. The van der Waals surface area contributed by atoms with Crippen LogP contribution in [0.5, 0.6) is 5.75 Å². The molecule has 1 amide bonds. The van der Waals surface area contributed by atoms with Crippen LogP contribution in [-0.4, -0.2) is 31.7 Å². The fourth-order valence-electron chi connectivity index (χ4n) is 2.96. The van der Waals surface area contributed by atoms with E-state index >= 15 is 0 Å². The lowest BCUT2D eigenvalue weighted by Gasteiger charge is -2.24. The van der Waals surface area contributed by atoms with Crippen LogP contribution in [0.15, 0.2) is 48.5 Å². The Morgan fingerprint density at radius 2 is 1.96 bits per heavy atom. The van der Waals surface area contributed by atoms with Crippen molar-refractivity contribution in [3.8, 4) is 5.75 Å². The minimum Gasteiger partial charge on any atom is -0.489 e. The van der Waals surface area contributed by atoms with Crippen LogP contribution < -0.4 is 15.4 Å². The second-order valence-electron chi connectivity index (χ2n) is 6.70. The van der Waals surface area contributed by atoms with Crippen LogP contribution in [-0.2, 0) is 16.1 Å². The van der Waals surface area contributed by atoms with E-state index in [1.165, 1.54) is 12.1 Å². The number of rotatable bonds is 7. The Hall–Kier alpha value is -2.15. The maximum atomic E-state index is 12.9. The van der Waals surface area contributed by atoms with Crippen molar-refractivity contribution < 1.29 is 18.7 Å². The van der Waals surface area contributed by atoms with Gasteiger partial charge < -0.3 is 20.1 Å². The lowest BCUT2D eigenvalue weighted by atomic mass is 10.1. The van der Waals surface area contributed by atoms with Crippen LogP contribution in [0.1, 0.15) is 30.5 Å². The van der Waals surface area contributed by atoms with Gasteiger partial charge in [0.1, 0.15) is 18.2 Å². The second-order valence-corrected chi connectivity index (χ2v) is 6.70. The molecule has 5 nitrogen and oxygen atoms in total. The molecule has 0 bridgehead atoms. The molecule has 0 saturated carbocycles. The summed E-state index contributed by atoms with van der Waals surface area (Å²) < 4.78 is 24.0. The quantitative estimate of drug-likeness (QED) is 0.737. The normalized spacial score (nSPS) is 17.3. The molecule has 1 heterocycles. The van der Waals surface area contributed by atoms with Gasteiger partial charge in [-0.15, -0.1) is 12.4 Å². The molecular weight excluding hydrogens is 383 g/mol. The zero-order valence-electron chi connectivity index (χ0n) is 15.8. The summed E-state index contributed by atoms with van der Waals surface area (Å²) in [6.07, 6.45) is 0.406. The Kier molecular flexibility index (Phi) is 8.70. The smallest absolute Gasteiger partial charge is 0.222 e. The lowest BCUT2D eigenvalue weighted by molar-refractivity contribution is -0.122. The fraction of sp³-hybridized carbons (Fsp3) is 0.381. The standard InChI is InChI=1S/C21H25FN2O3.ClH/c1-15(24-21(25)12-19-14-26-11-10-23-19)17-4-8-20(9-5-17)27-13-16-2-6-18(22)7-3-16;/h2-9,15,19,23H,10-14H2,1H3,(H,24,25);1H. The molecule has 2 N–H and O–H groups in total. The number of carbonyl (C=O) groups is 1. The maximum Gasteiger partial charge on any atom is 0.222 e. The van der Waals surface area contributed by atoms with Crippen molar-refractivity contribution in [1.29, 1.82) is 0 Å². The Morgan fingerprint density at radius 1 is 1.25 bits per heavy atom. The number of nitrogens with one attached hydrogen (secondary N) is 2. The number of benzene rings is 2. The molecule has 2 unspecified atom stereocenters.